The third-order valence-corrected chi connectivity index (χ3v) is 4.49. The van der Waals surface area contributed by atoms with Crippen molar-refractivity contribution in [3.8, 4) is 0 Å². The molecule has 0 unspecified atom stereocenters. The standard InChI is InChI=1S/C10H12ClFN2O3.C7H12FNO2/c1-16-9(15)8-7-2-3-17-6(4-12)5-14(7)10(11)13-8;1-10-7-2-3-11-6(4-8)5-9-7/h6H,2-5H2,1H3;6H,2-5H2,1H3/t2*6-/m11/s1. The van der Waals surface area contributed by atoms with Gasteiger partial charge in [-0.15, -0.1) is 0 Å². The molecule has 1 aromatic rings. The lowest BCUT2D eigenvalue weighted by molar-refractivity contribution is 0.0353. The molecule has 0 N–H and O–H groups in total. The summed E-state index contributed by atoms with van der Waals surface area (Å²) in [6, 6.07) is 0. The first-order valence-electron chi connectivity index (χ1n) is 8.79. The third kappa shape index (κ3) is 5.86. The number of carbonyl (C=O) groups excluding carboxylic acids is 1. The van der Waals surface area contributed by atoms with E-state index in [1.807, 2.05) is 0 Å². The molecule has 2 aliphatic rings. The lowest BCUT2D eigenvalue weighted by Gasteiger charge is -2.11. The van der Waals surface area contributed by atoms with Crippen LogP contribution in [0.15, 0.2) is 4.99 Å². The van der Waals surface area contributed by atoms with Crippen LogP contribution in [0.1, 0.15) is 22.6 Å². The lowest BCUT2D eigenvalue weighted by Crippen LogP contribution is -2.20. The van der Waals surface area contributed by atoms with E-state index in [9.17, 15) is 13.6 Å². The zero-order chi connectivity index (χ0) is 20.5. The minimum atomic E-state index is -0.596. The molecule has 0 saturated carbocycles. The molecule has 1 aromatic heterocycles. The predicted molar refractivity (Wildman–Crippen MR) is 97.6 cm³/mol. The van der Waals surface area contributed by atoms with Crippen molar-refractivity contribution in [2.75, 3.05) is 47.3 Å². The largest absolute Gasteiger partial charge is 0.484 e. The highest BCUT2D eigenvalue weighted by Gasteiger charge is 2.26. The molecule has 0 radical (unpaired) electrons. The topological polar surface area (TPSA) is 84.2 Å². The molecule has 0 aromatic carbocycles. The molecule has 28 heavy (non-hydrogen) atoms. The van der Waals surface area contributed by atoms with Crippen molar-refractivity contribution in [1.82, 2.24) is 9.55 Å². The van der Waals surface area contributed by atoms with E-state index in [2.05, 4.69) is 14.7 Å². The van der Waals surface area contributed by atoms with Gasteiger partial charge in [0.1, 0.15) is 25.6 Å². The van der Waals surface area contributed by atoms with Crippen LogP contribution >= 0.6 is 11.6 Å². The van der Waals surface area contributed by atoms with Crippen molar-refractivity contribution in [3.05, 3.63) is 16.7 Å². The maximum atomic E-state index is 12.6. The van der Waals surface area contributed by atoms with Crippen LogP contribution in [0.4, 0.5) is 8.78 Å². The van der Waals surface area contributed by atoms with Gasteiger partial charge < -0.3 is 23.5 Å². The van der Waals surface area contributed by atoms with Crippen LogP contribution in [0.5, 0.6) is 0 Å². The number of hydrogen-bond acceptors (Lipinski definition) is 7. The summed E-state index contributed by atoms with van der Waals surface area (Å²) in [4.78, 5) is 19.5. The Morgan fingerprint density at radius 1 is 1.21 bits per heavy atom. The van der Waals surface area contributed by atoms with Gasteiger partial charge in [-0.2, -0.15) is 0 Å². The molecular formula is C17H24ClF2N3O5. The van der Waals surface area contributed by atoms with Gasteiger partial charge in [-0.1, -0.05) is 0 Å². The fourth-order valence-electron chi connectivity index (χ4n) is 2.74. The number of nitrogens with zero attached hydrogens (tertiary/aromatic N) is 3. The Kier molecular flexibility index (Phi) is 9.07. The highest BCUT2D eigenvalue weighted by Crippen LogP contribution is 2.22. The molecule has 0 bridgehead atoms. The van der Waals surface area contributed by atoms with Crippen LogP contribution in [-0.2, 0) is 31.9 Å². The first-order valence-corrected chi connectivity index (χ1v) is 9.17. The molecular weight excluding hydrogens is 400 g/mol. The molecule has 0 amide bonds. The van der Waals surface area contributed by atoms with Gasteiger partial charge in [-0.05, 0) is 11.6 Å². The number of fused-ring (bicyclic) bond motifs is 1. The van der Waals surface area contributed by atoms with Gasteiger partial charge in [0.05, 0.1) is 46.2 Å². The summed E-state index contributed by atoms with van der Waals surface area (Å²) in [5, 5.41) is 0.157. The van der Waals surface area contributed by atoms with E-state index in [0.29, 0.717) is 44.2 Å². The Morgan fingerprint density at radius 2 is 1.89 bits per heavy atom. The second-order valence-corrected chi connectivity index (χ2v) is 6.35. The van der Waals surface area contributed by atoms with E-state index in [1.165, 1.54) is 7.11 Å². The van der Waals surface area contributed by atoms with E-state index in [-0.39, 0.29) is 23.6 Å². The highest BCUT2D eigenvalue weighted by atomic mass is 35.5. The fraction of sp³-hybridized carbons (Fsp3) is 0.706. The van der Waals surface area contributed by atoms with Crippen molar-refractivity contribution in [2.24, 2.45) is 4.99 Å². The number of ether oxygens (including phenoxy) is 4. The van der Waals surface area contributed by atoms with Crippen LogP contribution in [0.2, 0.25) is 5.28 Å². The van der Waals surface area contributed by atoms with E-state index >= 15 is 0 Å². The summed E-state index contributed by atoms with van der Waals surface area (Å²) in [7, 11) is 2.84. The second kappa shape index (κ2) is 11.3. The van der Waals surface area contributed by atoms with Gasteiger partial charge in [0.2, 0.25) is 5.28 Å². The van der Waals surface area contributed by atoms with Crippen molar-refractivity contribution in [2.45, 2.75) is 31.6 Å². The highest BCUT2D eigenvalue weighted by molar-refractivity contribution is 6.28. The van der Waals surface area contributed by atoms with Gasteiger partial charge in [-0.25, -0.2) is 18.6 Å². The van der Waals surface area contributed by atoms with Crippen LogP contribution in [-0.4, -0.2) is 81.0 Å². The summed E-state index contributed by atoms with van der Waals surface area (Å²) >= 11 is 5.92. The minimum absolute atomic E-state index is 0.157. The summed E-state index contributed by atoms with van der Waals surface area (Å²) in [6.45, 7) is 0.401. The number of rotatable bonds is 3. The van der Waals surface area contributed by atoms with Crippen molar-refractivity contribution < 1.29 is 32.5 Å². The molecule has 3 heterocycles. The molecule has 158 valence electrons. The fourth-order valence-corrected chi connectivity index (χ4v) is 2.99. The van der Waals surface area contributed by atoms with E-state index < -0.39 is 25.4 Å². The van der Waals surface area contributed by atoms with E-state index in [4.69, 9.17) is 25.8 Å². The number of halogens is 3. The molecule has 2 atom stereocenters. The van der Waals surface area contributed by atoms with E-state index in [1.54, 1.807) is 11.7 Å². The molecule has 0 fully saturated rings. The molecule has 0 aliphatic carbocycles. The monoisotopic (exact) mass is 423 g/mol. The van der Waals surface area contributed by atoms with Gasteiger partial charge >= 0.3 is 5.97 Å². The van der Waals surface area contributed by atoms with Crippen molar-refractivity contribution in [3.63, 3.8) is 0 Å². The SMILES string of the molecule is COC(=O)c1nc(Cl)n2c1CCO[C@H](CF)C2.COC1=NC[C@@H](CF)OCC1. The van der Waals surface area contributed by atoms with Crippen LogP contribution < -0.4 is 0 Å². The first-order chi connectivity index (χ1) is 13.5. The summed E-state index contributed by atoms with van der Waals surface area (Å²) in [6.07, 6.45) is 0.185. The number of methoxy groups -OCH3 is 2. The number of imidazole rings is 1. The summed E-state index contributed by atoms with van der Waals surface area (Å²) < 4.78 is 46.2. The maximum Gasteiger partial charge on any atom is 0.358 e. The minimum Gasteiger partial charge on any atom is -0.484 e. The number of alkyl halides is 2. The number of aliphatic imine (C=N–C) groups is 1. The summed E-state index contributed by atoms with van der Waals surface area (Å²) in [5.74, 6) is 0.111. The van der Waals surface area contributed by atoms with Crippen LogP contribution in [0, 0.1) is 0 Å². The number of aromatic nitrogens is 2. The number of carbonyl (C=O) groups is 1. The smallest absolute Gasteiger partial charge is 0.358 e. The predicted octanol–water partition coefficient (Wildman–Crippen LogP) is 2.02. The zero-order valence-electron chi connectivity index (χ0n) is 15.8. The number of hydrogen-bond donors (Lipinski definition) is 0. The molecule has 8 nitrogen and oxygen atoms in total. The van der Waals surface area contributed by atoms with Gasteiger partial charge in [0, 0.05) is 12.8 Å². The van der Waals surface area contributed by atoms with Crippen LogP contribution in [0.3, 0.4) is 0 Å². The molecule has 11 heteroatoms. The second-order valence-electron chi connectivity index (χ2n) is 6.01. The molecule has 3 rings (SSSR count). The Balaban J connectivity index is 0.000000221. The quantitative estimate of drug-likeness (QED) is 0.692. The Labute approximate surface area is 166 Å². The van der Waals surface area contributed by atoms with Crippen molar-refractivity contribution >= 4 is 23.5 Å². The van der Waals surface area contributed by atoms with Crippen LogP contribution in [0.25, 0.3) is 0 Å². The normalized spacial score (nSPS) is 22.0. The Morgan fingerprint density at radius 3 is 2.54 bits per heavy atom. The maximum absolute atomic E-state index is 12.6. The lowest BCUT2D eigenvalue weighted by atomic mass is 10.2. The number of esters is 1. The Hall–Kier alpha value is -1.78. The third-order valence-electron chi connectivity index (χ3n) is 4.20. The Bertz CT molecular complexity index is 686. The van der Waals surface area contributed by atoms with E-state index in [0.717, 1.165) is 0 Å². The average Bonchev–Trinajstić information content (AvgIpc) is 2.94. The molecule has 0 spiro atoms. The molecule has 2 aliphatic heterocycles. The molecule has 0 saturated heterocycles. The summed E-state index contributed by atoms with van der Waals surface area (Å²) in [5.41, 5.74) is 0.818. The average molecular weight is 424 g/mol. The van der Waals surface area contributed by atoms with Gasteiger partial charge in [0.15, 0.2) is 11.6 Å². The van der Waals surface area contributed by atoms with Gasteiger partial charge in [-0.3, -0.25) is 4.99 Å². The van der Waals surface area contributed by atoms with Gasteiger partial charge in [0.25, 0.3) is 0 Å². The zero-order valence-corrected chi connectivity index (χ0v) is 16.6. The van der Waals surface area contributed by atoms with Crippen molar-refractivity contribution in [1.29, 1.82) is 0 Å². The first kappa shape index (κ1) is 22.5.